The Bertz CT molecular complexity index is 1400. The molecule has 9 nitrogen and oxygen atoms in total. The van der Waals surface area contributed by atoms with Crippen molar-refractivity contribution < 1.29 is 41.7 Å². The van der Waals surface area contributed by atoms with Gasteiger partial charge in [0.25, 0.3) is 0 Å². The number of hydrogen-bond donors (Lipinski definition) is 2. The average Bonchev–Trinajstić information content (AvgIpc) is 3.07. The highest BCUT2D eigenvalue weighted by Gasteiger charge is 2.62. The summed E-state index contributed by atoms with van der Waals surface area (Å²) < 4.78 is 70.7. The Hall–Kier alpha value is -4.26. The fourth-order valence-corrected chi connectivity index (χ4v) is 4.00. The summed E-state index contributed by atoms with van der Waals surface area (Å²) in [6.07, 6.45) is -3.30. The van der Waals surface area contributed by atoms with Crippen LogP contribution in [0.5, 0.6) is 0 Å². The van der Waals surface area contributed by atoms with Crippen LogP contribution in [0.3, 0.4) is 0 Å². The Balaban J connectivity index is 1.77. The molecule has 0 bridgehead atoms. The predicted molar refractivity (Wildman–Crippen MR) is 115 cm³/mol. The molecule has 0 radical (unpaired) electrons. The van der Waals surface area contributed by atoms with Crippen LogP contribution < -0.4 is 11.4 Å². The Labute approximate surface area is 199 Å². The Morgan fingerprint density at radius 3 is 2.56 bits per heavy atom. The third kappa shape index (κ3) is 4.52. The molecule has 1 aromatic heterocycles. The first-order chi connectivity index (χ1) is 17.0. The van der Waals surface area contributed by atoms with E-state index in [4.69, 9.17) is 15.2 Å². The largest absolute Gasteiger partial charge is 0.478 e. The lowest BCUT2D eigenvalue weighted by Crippen LogP contribution is -2.38. The van der Waals surface area contributed by atoms with Gasteiger partial charge in [-0.25, -0.2) is 31.9 Å². The smallest absolute Gasteiger partial charge is 0.351 e. The number of halogens is 4. The molecule has 3 unspecified atom stereocenters. The second-order valence-corrected chi connectivity index (χ2v) is 7.84. The van der Waals surface area contributed by atoms with Crippen LogP contribution in [0, 0.1) is 11.6 Å². The van der Waals surface area contributed by atoms with Crippen LogP contribution in [-0.2, 0) is 9.47 Å². The summed E-state index contributed by atoms with van der Waals surface area (Å²) in [6.45, 7) is -0.906. The van der Waals surface area contributed by atoms with Gasteiger partial charge in [-0.3, -0.25) is 4.57 Å². The molecule has 4 rings (SSSR count). The first-order valence-corrected chi connectivity index (χ1v) is 10.3. The zero-order valence-corrected chi connectivity index (χ0v) is 18.1. The van der Waals surface area contributed by atoms with Crippen molar-refractivity contribution >= 4 is 17.8 Å². The number of carboxylic acids is 1. The van der Waals surface area contributed by atoms with Crippen molar-refractivity contribution in [1.82, 2.24) is 9.55 Å². The van der Waals surface area contributed by atoms with Crippen molar-refractivity contribution in [3.05, 3.63) is 93.5 Å². The summed E-state index contributed by atoms with van der Waals surface area (Å²) in [6, 6.07) is 8.17. The van der Waals surface area contributed by atoms with Gasteiger partial charge in [0.1, 0.15) is 30.2 Å². The Kier molecular flexibility index (Phi) is 6.50. The van der Waals surface area contributed by atoms with Crippen molar-refractivity contribution in [3.8, 4) is 0 Å². The van der Waals surface area contributed by atoms with Gasteiger partial charge in [0.2, 0.25) is 6.23 Å². The van der Waals surface area contributed by atoms with Gasteiger partial charge in [0.05, 0.1) is 17.0 Å². The molecule has 3 aromatic rings. The van der Waals surface area contributed by atoms with E-state index < -0.39 is 71.2 Å². The van der Waals surface area contributed by atoms with Crippen molar-refractivity contribution in [3.63, 3.8) is 0 Å². The van der Waals surface area contributed by atoms with Gasteiger partial charge < -0.3 is 20.3 Å². The number of esters is 1. The van der Waals surface area contributed by atoms with Crippen LogP contribution >= 0.6 is 0 Å². The highest BCUT2D eigenvalue weighted by molar-refractivity contribution is 5.90. The molecular weight excluding hydrogens is 490 g/mol. The van der Waals surface area contributed by atoms with Gasteiger partial charge in [-0.15, -0.1) is 0 Å². The first-order valence-electron chi connectivity index (χ1n) is 10.3. The quantitative estimate of drug-likeness (QED) is 0.384. The molecule has 13 heteroatoms. The number of carboxylic acid groups (broad SMARTS) is 1. The molecule has 0 spiro atoms. The van der Waals surface area contributed by atoms with E-state index in [1.165, 1.54) is 12.1 Å². The number of carbonyl (C=O) groups is 2. The number of aromatic carboxylic acids is 1. The topological polar surface area (TPSA) is 134 Å². The molecule has 1 saturated heterocycles. The molecule has 1 aliphatic heterocycles. The number of alkyl halides is 2. The van der Waals surface area contributed by atoms with Gasteiger partial charge in [-0.2, -0.15) is 4.98 Å². The highest BCUT2D eigenvalue weighted by Crippen LogP contribution is 2.53. The van der Waals surface area contributed by atoms with Gasteiger partial charge in [-0.05, 0) is 36.4 Å². The van der Waals surface area contributed by atoms with Crippen molar-refractivity contribution in [2.24, 2.45) is 0 Å². The van der Waals surface area contributed by atoms with Gasteiger partial charge in [0.15, 0.2) is 0 Å². The average molecular weight is 507 g/mol. The van der Waals surface area contributed by atoms with Crippen LogP contribution in [0.25, 0.3) is 0 Å². The lowest BCUT2D eigenvalue weighted by Gasteiger charge is -2.26. The van der Waals surface area contributed by atoms with E-state index in [2.05, 4.69) is 4.98 Å². The van der Waals surface area contributed by atoms with E-state index in [0.717, 1.165) is 42.6 Å². The normalized spacial score (nSPS) is 20.7. The van der Waals surface area contributed by atoms with E-state index in [1.807, 2.05) is 0 Å². The number of anilines is 1. The number of rotatable bonds is 6. The van der Waals surface area contributed by atoms with E-state index in [9.17, 15) is 28.3 Å². The van der Waals surface area contributed by atoms with E-state index in [0.29, 0.717) is 4.57 Å². The predicted octanol–water partition coefficient (Wildman–Crippen LogP) is 2.98. The maximum atomic E-state index is 15.8. The number of aromatic nitrogens is 2. The number of nitrogens with two attached hydrogens (primary N) is 1. The number of ether oxygens (including phenoxy) is 2. The molecule has 0 saturated carbocycles. The molecular formula is C23H17F4N3O6. The maximum absolute atomic E-state index is 15.8. The second-order valence-electron chi connectivity index (χ2n) is 7.84. The first kappa shape index (κ1) is 24.9. The van der Waals surface area contributed by atoms with Crippen LogP contribution in [0.1, 0.15) is 38.4 Å². The minimum absolute atomic E-state index is 0.232. The van der Waals surface area contributed by atoms with E-state index in [-0.39, 0.29) is 11.4 Å². The maximum Gasteiger partial charge on any atom is 0.351 e. The zero-order chi connectivity index (χ0) is 26.2. The fourth-order valence-electron chi connectivity index (χ4n) is 4.00. The number of benzene rings is 2. The SMILES string of the molecule is Nc1ccn(C2OC(COC(=O)c3cccc(F)c3)C(c3c(F)cccc3C(=O)O)C2(F)F)c(=O)n1. The summed E-state index contributed by atoms with van der Waals surface area (Å²) in [5.41, 5.74) is 2.30. The standard InChI is InChI=1S/C23H17F4N3O6/c24-12-4-1-3-11(9-12)20(33)35-10-15-18(17-13(19(31)32)5-2-6-14(17)25)23(26,27)21(36-15)30-8-7-16(28)29-22(30)34/h1-9,15,18,21H,10H2,(H,31,32)(H2,28,29,34). The van der Waals surface area contributed by atoms with Gasteiger partial charge in [-0.1, -0.05) is 12.1 Å². The Morgan fingerprint density at radius 1 is 1.17 bits per heavy atom. The van der Waals surface area contributed by atoms with Crippen LogP contribution in [0.15, 0.2) is 59.5 Å². The summed E-state index contributed by atoms with van der Waals surface area (Å²) in [5, 5.41) is 9.50. The summed E-state index contributed by atoms with van der Waals surface area (Å²) in [4.78, 5) is 39.7. The summed E-state index contributed by atoms with van der Waals surface area (Å²) in [5.74, 6) is -11.5. The van der Waals surface area contributed by atoms with E-state index in [1.54, 1.807) is 0 Å². The third-order valence-electron chi connectivity index (χ3n) is 5.56. The van der Waals surface area contributed by atoms with Crippen molar-refractivity contribution in [2.75, 3.05) is 12.3 Å². The number of carbonyl (C=O) groups excluding carboxylic acids is 1. The number of nitrogens with zero attached hydrogens (tertiary/aromatic N) is 2. The lowest BCUT2D eigenvalue weighted by atomic mass is 9.85. The molecule has 2 heterocycles. The zero-order valence-electron chi connectivity index (χ0n) is 18.1. The molecule has 1 fully saturated rings. The molecule has 3 N–H and O–H groups in total. The third-order valence-corrected chi connectivity index (χ3v) is 5.56. The molecule has 1 aliphatic rings. The van der Waals surface area contributed by atoms with E-state index >= 15 is 8.78 Å². The van der Waals surface area contributed by atoms with Gasteiger partial charge in [0, 0.05) is 11.8 Å². The van der Waals surface area contributed by atoms with Gasteiger partial charge >= 0.3 is 23.6 Å². The van der Waals surface area contributed by atoms with Crippen LogP contribution in [-0.4, -0.2) is 45.2 Å². The second kappa shape index (κ2) is 9.41. The van der Waals surface area contributed by atoms with Crippen molar-refractivity contribution in [2.45, 2.75) is 24.2 Å². The molecule has 3 atom stereocenters. The molecule has 188 valence electrons. The number of hydrogen-bond acceptors (Lipinski definition) is 7. The van der Waals surface area contributed by atoms with Crippen molar-refractivity contribution in [1.29, 1.82) is 0 Å². The lowest BCUT2D eigenvalue weighted by molar-refractivity contribution is -0.123. The Morgan fingerprint density at radius 2 is 1.89 bits per heavy atom. The summed E-state index contributed by atoms with van der Waals surface area (Å²) >= 11 is 0. The fraction of sp³-hybridized carbons (Fsp3) is 0.217. The molecule has 0 amide bonds. The van der Waals surface area contributed by atoms with Crippen LogP contribution in [0.2, 0.25) is 0 Å². The number of nitrogen functional groups attached to an aromatic ring is 1. The van der Waals surface area contributed by atoms with Crippen LogP contribution in [0.4, 0.5) is 23.4 Å². The monoisotopic (exact) mass is 507 g/mol. The molecule has 2 aromatic carbocycles. The summed E-state index contributed by atoms with van der Waals surface area (Å²) in [7, 11) is 0. The molecule has 36 heavy (non-hydrogen) atoms. The highest BCUT2D eigenvalue weighted by atomic mass is 19.3. The molecule has 0 aliphatic carbocycles. The minimum atomic E-state index is -4.09. The minimum Gasteiger partial charge on any atom is -0.478 e.